The normalized spacial score (nSPS) is 17.6. The molecule has 1 amide bonds. The standard InChI is InChI=1S/C18H20N6O/c25-18(15-5-7-16(8-6-15)22-13-19-20-14-22)24-11-2-1-4-17(24)12-23-10-3-9-21-23/h3,5-10,13-14,17H,1-2,4,11-12H2/t17-/m0/s1. The fraction of sp³-hybridized carbons (Fsp3) is 0.333. The highest BCUT2D eigenvalue weighted by molar-refractivity contribution is 5.94. The van der Waals surface area contributed by atoms with Crippen molar-refractivity contribution in [2.75, 3.05) is 6.54 Å². The molecule has 2 aromatic heterocycles. The van der Waals surface area contributed by atoms with E-state index in [1.54, 1.807) is 18.9 Å². The Bertz CT molecular complexity index is 810. The fourth-order valence-electron chi connectivity index (χ4n) is 3.36. The second-order valence-corrected chi connectivity index (χ2v) is 6.29. The van der Waals surface area contributed by atoms with E-state index in [-0.39, 0.29) is 11.9 Å². The molecule has 1 aromatic carbocycles. The molecule has 3 aromatic rings. The van der Waals surface area contributed by atoms with Crippen LogP contribution in [-0.4, -0.2) is 47.9 Å². The second kappa shape index (κ2) is 6.88. The van der Waals surface area contributed by atoms with E-state index >= 15 is 0 Å². The molecular weight excluding hydrogens is 316 g/mol. The molecule has 128 valence electrons. The summed E-state index contributed by atoms with van der Waals surface area (Å²) in [5.41, 5.74) is 1.65. The summed E-state index contributed by atoms with van der Waals surface area (Å²) in [5.74, 6) is 0.0900. The van der Waals surface area contributed by atoms with Gasteiger partial charge in [0.2, 0.25) is 0 Å². The molecule has 0 bridgehead atoms. The number of carbonyl (C=O) groups is 1. The summed E-state index contributed by atoms with van der Waals surface area (Å²) in [6, 6.07) is 9.69. The molecule has 4 rings (SSSR count). The molecule has 1 atom stereocenters. The van der Waals surface area contributed by atoms with Crippen LogP contribution in [0.15, 0.2) is 55.4 Å². The van der Waals surface area contributed by atoms with Gasteiger partial charge in [-0.3, -0.25) is 14.0 Å². The van der Waals surface area contributed by atoms with E-state index in [4.69, 9.17) is 0 Å². The molecule has 0 spiro atoms. The topological polar surface area (TPSA) is 68.8 Å². The van der Waals surface area contributed by atoms with Crippen LogP contribution in [0.4, 0.5) is 0 Å². The van der Waals surface area contributed by atoms with Gasteiger partial charge in [-0.1, -0.05) is 0 Å². The average molecular weight is 336 g/mol. The number of hydrogen-bond acceptors (Lipinski definition) is 4. The zero-order valence-corrected chi connectivity index (χ0v) is 13.9. The van der Waals surface area contributed by atoms with Gasteiger partial charge in [-0.15, -0.1) is 10.2 Å². The summed E-state index contributed by atoms with van der Waals surface area (Å²) in [5, 5.41) is 11.9. The number of aromatic nitrogens is 5. The van der Waals surface area contributed by atoms with Gasteiger partial charge in [0.1, 0.15) is 12.7 Å². The summed E-state index contributed by atoms with van der Waals surface area (Å²) < 4.78 is 3.72. The average Bonchev–Trinajstić information content (AvgIpc) is 3.36. The van der Waals surface area contributed by atoms with Gasteiger partial charge in [-0.25, -0.2) is 0 Å². The molecule has 3 heterocycles. The largest absolute Gasteiger partial charge is 0.334 e. The first-order chi connectivity index (χ1) is 12.3. The molecule has 0 N–H and O–H groups in total. The zero-order valence-electron chi connectivity index (χ0n) is 13.9. The van der Waals surface area contributed by atoms with E-state index in [9.17, 15) is 4.79 Å². The van der Waals surface area contributed by atoms with Crippen LogP contribution in [-0.2, 0) is 6.54 Å². The minimum atomic E-state index is 0.0900. The van der Waals surface area contributed by atoms with Crippen molar-refractivity contribution in [1.82, 2.24) is 29.4 Å². The van der Waals surface area contributed by atoms with Crippen LogP contribution in [0.2, 0.25) is 0 Å². The Morgan fingerprint density at radius 2 is 1.92 bits per heavy atom. The van der Waals surface area contributed by atoms with Crippen LogP contribution in [0.25, 0.3) is 5.69 Å². The summed E-state index contributed by atoms with van der Waals surface area (Å²) >= 11 is 0. The van der Waals surface area contributed by atoms with E-state index in [0.717, 1.165) is 38.0 Å². The monoisotopic (exact) mass is 336 g/mol. The number of likely N-dealkylation sites (tertiary alicyclic amines) is 1. The predicted octanol–water partition coefficient (Wildman–Crippen LogP) is 2.16. The summed E-state index contributed by atoms with van der Waals surface area (Å²) in [6.45, 7) is 1.55. The van der Waals surface area contributed by atoms with Crippen molar-refractivity contribution in [3.8, 4) is 5.69 Å². The van der Waals surface area contributed by atoms with Gasteiger partial charge in [-0.05, 0) is 49.6 Å². The van der Waals surface area contributed by atoms with E-state index in [1.807, 2.05) is 50.7 Å². The molecule has 1 aliphatic heterocycles. The molecular formula is C18H20N6O. The third-order valence-electron chi connectivity index (χ3n) is 4.68. The smallest absolute Gasteiger partial charge is 0.254 e. The number of nitrogens with zero attached hydrogens (tertiary/aromatic N) is 6. The van der Waals surface area contributed by atoms with Crippen LogP contribution in [0, 0.1) is 0 Å². The van der Waals surface area contributed by atoms with Gasteiger partial charge < -0.3 is 4.90 Å². The maximum atomic E-state index is 13.0. The lowest BCUT2D eigenvalue weighted by atomic mass is 10.0. The van der Waals surface area contributed by atoms with Crippen LogP contribution < -0.4 is 0 Å². The van der Waals surface area contributed by atoms with Crippen molar-refractivity contribution < 1.29 is 4.79 Å². The number of benzene rings is 1. The quantitative estimate of drug-likeness (QED) is 0.732. The van der Waals surface area contributed by atoms with E-state index in [0.29, 0.717) is 5.56 Å². The molecule has 1 saturated heterocycles. The number of carbonyl (C=O) groups excluding carboxylic acids is 1. The molecule has 0 saturated carbocycles. The van der Waals surface area contributed by atoms with Gasteiger partial charge >= 0.3 is 0 Å². The van der Waals surface area contributed by atoms with Crippen LogP contribution in [0.5, 0.6) is 0 Å². The molecule has 7 nitrogen and oxygen atoms in total. The third-order valence-corrected chi connectivity index (χ3v) is 4.68. The van der Waals surface area contributed by atoms with E-state index in [2.05, 4.69) is 15.3 Å². The van der Waals surface area contributed by atoms with Crippen LogP contribution in [0.1, 0.15) is 29.6 Å². The van der Waals surface area contributed by atoms with Crippen LogP contribution >= 0.6 is 0 Å². The minimum Gasteiger partial charge on any atom is -0.334 e. The van der Waals surface area contributed by atoms with Crippen molar-refractivity contribution in [3.05, 3.63) is 60.9 Å². The SMILES string of the molecule is O=C(c1ccc(-n2cnnc2)cc1)N1CCCC[C@H]1Cn1cccn1. The molecule has 0 unspecified atom stereocenters. The van der Waals surface area contributed by atoms with Gasteiger partial charge in [0, 0.05) is 30.2 Å². The number of hydrogen-bond donors (Lipinski definition) is 0. The summed E-state index contributed by atoms with van der Waals surface area (Å²) in [6.07, 6.45) is 10.2. The zero-order chi connectivity index (χ0) is 17.1. The van der Waals surface area contributed by atoms with Crippen LogP contribution in [0.3, 0.4) is 0 Å². The lowest BCUT2D eigenvalue weighted by Gasteiger charge is -2.35. The highest BCUT2D eigenvalue weighted by Crippen LogP contribution is 2.21. The second-order valence-electron chi connectivity index (χ2n) is 6.29. The summed E-state index contributed by atoms with van der Waals surface area (Å²) in [7, 11) is 0. The van der Waals surface area contributed by atoms with Crippen molar-refractivity contribution >= 4 is 5.91 Å². The first-order valence-corrected chi connectivity index (χ1v) is 8.55. The number of amides is 1. The molecule has 25 heavy (non-hydrogen) atoms. The molecule has 1 aliphatic rings. The number of piperidine rings is 1. The van der Waals surface area contributed by atoms with Gasteiger partial charge in [0.25, 0.3) is 5.91 Å². The maximum Gasteiger partial charge on any atom is 0.254 e. The molecule has 0 aliphatic carbocycles. The molecule has 0 radical (unpaired) electrons. The number of rotatable bonds is 4. The predicted molar refractivity (Wildman–Crippen MR) is 92.3 cm³/mol. The maximum absolute atomic E-state index is 13.0. The highest BCUT2D eigenvalue weighted by atomic mass is 16.2. The Morgan fingerprint density at radius 1 is 1.12 bits per heavy atom. The van der Waals surface area contributed by atoms with Crippen molar-refractivity contribution in [2.45, 2.75) is 31.8 Å². The molecule has 1 fully saturated rings. The Kier molecular flexibility index (Phi) is 4.28. The first kappa shape index (κ1) is 15.6. The Morgan fingerprint density at radius 3 is 2.64 bits per heavy atom. The van der Waals surface area contributed by atoms with Gasteiger partial charge in [0.05, 0.1) is 12.6 Å². The Balaban J connectivity index is 1.51. The Labute approximate surface area is 145 Å². The van der Waals surface area contributed by atoms with Crippen molar-refractivity contribution in [1.29, 1.82) is 0 Å². The summed E-state index contributed by atoms with van der Waals surface area (Å²) in [4.78, 5) is 15.0. The van der Waals surface area contributed by atoms with E-state index < -0.39 is 0 Å². The fourth-order valence-corrected chi connectivity index (χ4v) is 3.36. The van der Waals surface area contributed by atoms with Crippen molar-refractivity contribution in [2.24, 2.45) is 0 Å². The molecule has 7 heteroatoms. The first-order valence-electron chi connectivity index (χ1n) is 8.55. The minimum absolute atomic E-state index is 0.0900. The lowest BCUT2D eigenvalue weighted by molar-refractivity contribution is 0.0584. The lowest BCUT2D eigenvalue weighted by Crippen LogP contribution is -2.45. The van der Waals surface area contributed by atoms with Crippen molar-refractivity contribution in [3.63, 3.8) is 0 Å². The Hall–Kier alpha value is -2.96. The third kappa shape index (κ3) is 3.31. The van der Waals surface area contributed by atoms with Gasteiger partial charge in [0.15, 0.2) is 0 Å². The highest BCUT2D eigenvalue weighted by Gasteiger charge is 2.27. The van der Waals surface area contributed by atoms with E-state index in [1.165, 1.54) is 0 Å². The van der Waals surface area contributed by atoms with Gasteiger partial charge in [-0.2, -0.15) is 5.10 Å².